The molecule has 1 aromatic rings. The average Bonchev–Trinajstić information content (AvgIpc) is 2.51. The van der Waals surface area contributed by atoms with Gasteiger partial charge in [-0.05, 0) is 12.3 Å². The van der Waals surface area contributed by atoms with E-state index in [1.54, 1.807) is 11.8 Å². The normalized spacial score (nSPS) is 11.1. The number of anilines is 2. The number of aryl methyl sites for hydroxylation is 1. The minimum atomic E-state index is 0.348. The van der Waals surface area contributed by atoms with Crippen molar-refractivity contribution in [1.29, 1.82) is 0 Å². The molecule has 1 heterocycles. The van der Waals surface area contributed by atoms with Crippen molar-refractivity contribution < 1.29 is 4.74 Å². The van der Waals surface area contributed by atoms with Crippen LogP contribution in [0.5, 0.6) is 0 Å². The van der Waals surface area contributed by atoms with Crippen molar-refractivity contribution >= 4 is 11.5 Å². The SMILES string of the molecule is COCCCNc1c(N)c(C(C)C)nn1C. The number of aromatic nitrogens is 2. The quantitative estimate of drug-likeness (QED) is 0.723. The van der Waals surface area contributed by atoms with Crippen LogP contribution in [0.1, 0.15) is 31.9 Å². The first-order chi connectivity index (χ1) is 7.57. The Kier molecular flexibility index (Phi) is 4.61. The van der Waals surface area contributed by atoms with Gasteiger partial charge >= 0.3 is 0 Å². The fraction of sp³-hybridized carbons (Fsp3) is 0.727. The first-order valence-corrected chi connectivity index (χ1v) is 5.63. The van der Waals surface area contributed by atoms with E-state index in [-0.39, 0.29) is 0 Å². The van der Waals surface area contributed by atoms with Gasteiger partial charge in [0.25, 0.3) is 0 Å². The van der Waals surface area contributed by atoms with Gasteiger partial charge in [0.2, 0.25) is 0 Å². The van der Waals surface area contributed by atoms with Crippen molar-refractivity contribution in [1.82, 2.24) is 9.78 Å². The third kappa shape index (κ3) is 2.88. The molecule has 16 heavy (non-hydrogen) atoms. The fourth-order valence-electron chi connectivity index (χ4n) is 1.62. The number of ether oxygens (including phenoxy) is 1. The molecule has 0 saturated carbocycles. The van der Waals surface area contributed by atoms with Crippen LogP contribution in [0.15, 0.2) is 0 Å². The highest BCUT2D eigenvalue weighted by atomic mass is 16.5. The molecule has 0 aromatic carbocycles. The molecule has 0 unspecified atom stereocenters. The zero-order chi connectivity index (χ0) is 12.1. The molecule has 0 radical (unpaired) electrons. The smallest absolute Gasteiger partial charge is 0.147 e. The Labute approximate surface area is 97.0 Å². The van der Waals surface area contributed by atoms with E-state index < -0.39 is 0 Å². The molecule has 0 amide bonds. The number of nitrogens with zero attached hydrogens (tertiary/aromatic N) is 2. The van der Waals surface area contributed by atoms with E-state index in [1.807, 2.05) is 7.05 Å². The summed E-state index contributed by atoms with van der Waals surface area (Å²) in [6, 6.07) is 0. The minimum absolute atomic E-state index is 0.348. The van der Waals surface area contributed by atoms with Crippen LogP contribution in [0.3, 0.4) is 0 Å². The van der Waals surface area contributed by atoms with Crippen LogP contribution in [0.2, 0.25) is 0 Å². The van der Waals surface area contributed by atoms with E-state index in [0.717, 1.165) is 36.8 Å². The van der Waals surface area contributed by atoms with Crippen LogP contribution in [-0.2, 0) is 11.8 Å². The van der Waals surface area contributed by atoms with E-state index >= 15 is 0 Å². The van der Waals surface area contributed by atoms with Crippen LogP contribution >= 0.6 is 0 Å². The average molecular weight is 226 g/mol. The summed E-state index contributed by atoms with van der Waals surface area (Å²) in [6.07, 6.45) is 0.956. The van der Waals surface area contributed by atoms with Crippen molar-refractivity contribution in [3.05, 3.63) is 5.69 Å². The van der Waals surface area contributed by atoms with Crippen molar-refractivity contribution in [2.24, 2.45) is 7.05 Å². The number of nitrogens with two attached hydrogens (primary N) is 1. The van der Waals surface area contributed by atoms with Crippen LogP contribution in [0.25, 0.3) is 0 Å². The zero-order valence-electron chi connectivity index (χ0n) is 10.6. The Morgan fingerprint density at radius 3 is 2.69 bits per heavy atom. The first kappa shape index (κ1) is 12.8. The second-order valence-electron chi connectivity index (χ2n) is 4.20. The predicted molar refractivity (Wildman–Crippen MR) is 66.7 cm³/mol. The molecule has 0 bridgehead atoms. The molecule has 1 rings (SSSR count). The van der Waals surface area contributed by atoms with Gasteiger partial charge in [-0.3, -0.25) is 4.68 Å². The Balaban J connectivity index is 2.65. The van der Waals surface area contributed by atoms with Gasteiger partial charge in [-0.15, -0.1) is 0 Å². The Hall–Kier alpha value is -1.23. The zero-order valence-corrected chi connectivity index (χ0v) is 10.6. The third-order valence-corrected chi connectivity index (χ3v) is 2.48. The van der Waals surface area contributed by atoms with E-state index in [1.165, 1.54) is 0 Å². The number of nitrogen functional groups attached to an aromatic ring is 1. The molecular weight excluding hydrogens is 204 g/mol. The number of hydrogen-bond donors (Lipinski definition) is 2. The second kappa shape index (κ2) is 5.75. The summed E-state index contributed by atoms with van der Waals surface area (Å²) in [5.41, 5.74) is 7.76. The van der Waals surface area contributed by atoms with Crippen LogP contribution in [0, 0.1) is 0 Å². The molecule has 92 valence electrons. The minimum Gasteiger partial charge on any atom is -0.394 e. The van der Waals surface area contributed by atoms with Gasteiger partial charge in [-0.25, -0.2) is 0 Å². The molecule has 0 spiro atoms. The van der Waals surface area contributed by atoms with E-state index in [0.29, 0.717) is 5.92 Å². The van der Waals surface area contributed by atoms with Crippen LogP contribution in [0.4, 0.5) is 11.5 Å². The van der Waals surface area contributed by atoms with Gasteiger partial charge in [0.05, 0.1) is 11.4 Å². The largest absolute Gasteiger partial charge is 0.394 e. The molecule has 1 aromatic heterocycles. The molecule has 0 aliphatic heterocycles. The highest BCUT2D eigenvalue weighted by Gasteiger charge is 2.14. The maximum atomic E-state index is 6.04. The van der Waals surface area contributed by atoms with Gasteiger partial charge in [-0.1, -0.05) is 13.8 Å². The molecular formula is C11H22N4O. The topological polar surface area (TPSA) is 65.1 Å². The number of rotatable bonds is 6. The van der Waals surface area contributed by atoms with Gasteiger partial charge < -0.3 is 15.8 Å². The highest BCUT2D eigenvalue weighted by Crippen LogP contribution is 2.27. The number of hydrogen-bond acceptors (Lipinski definition) is 4. The van der Waals surface area contributed by atoms with Gasteiger partial charge in [-0.2, -0.15) is 5.10 Å². The van der Waals surface area contributed by atoms with Crippen molar-refractivity contribution in [2.75, 3.05) is 31.3 Å². The summed E-state index contributed by atoms with van der Waals surface area (Å²) in [5.74, 6) is 1.25. The maximum Gasteiger partial charge on any atom is 0.147 e. The maximum absolute atomic E-state index is 6.04. The number of methoxy groups -OCH3 is 1. The fourth-order valence-corrected chi connectivity index (χ4v) is 1.62. The Bertz CT molecular complexity index is 333. The summed E-state index contributed by atoms with van der Waals surface area (Å²) in [7, 11) is 3.61. The molecule has 5 nitrogen and oxygen atoms in total. The van der Waals surface area contributed by atoms with E-state index in [9.17, 15) is 0 Å². The Morgan fingerprint density at radius 2 is 2.19 bits per heavy atom. The second-order valence-corrected chi connectivity index (χ2v) is 4.20. The molecule has 3 N–H and O–H groups in total. The lowest BCUT2D eigenvalue weighted by Crippen LogP contribution is -2.09. The van der Waals surface area contributed by atoms with E-state index in [4.69, 9.17) is 10.5 Å². The number of nitrogens with one attached hydrogen (secondary N) is 1. The Morgan fingerprint density at radius 1 is 1.50 bits per heavy atom. The van der Waals surface area contributed by atoms with Crippen LogP contribution in [-0.4, -0.2) is 30.0 Å². The lowest BCUT2D eigenvalue weighted by molar-refractivity contribution is 0.197. The molecule has 0 saturated heterocycles. The molecule has 5 heteroatoms. The monoisotopic (exact) mass is 226 g/mol. The predicted octanol–water partition coefficient (Wildman–Crippen LogP) is 1.57. The summed E-state index contributed by atoms with van der Waals surface area (Å²) < 4.78 is 6.79. The highest BCUT2D eigenvalue weighted by molar-refractivity contribution is 5.65. The van der Waals surface area contributed by atoms with Crippen molar-refractivity contribution in [2.45, 2.75) is 26.2 Å². The van der Waals surface area contributed by atoms with Gasteiger partial charge in [0.15, 0.2) is 0 Å². The summed E-state index contributed by atoms with van der Waals surface area (Å²) in [6.45, 7) is 5.78. The van der Waals surface area contributed by atoms with Crippen molar-refractivity contribution in [3.63, 3.8) is 0 Å². The first-order valence-electron chi connectivity index (χ1n) is 5.63. The van der Waals surface area contributed by atoms with Crippen LogP contribution < -0.4 is 11.1 Å². The molecule has 0 fully saturated rings. The third-order valence-electron chi connectivity index (χ3n) is 2.48. The molecule has 0 aliphatic carbocycles. The summed E-state index contributed by atoms with van der Waals surface area (Å²) in [5, 5.41) is 7.69. The summed E-state index contributed by atoms with van der Waals surface area (Å²) >= 11 is 0. The lowest BCUT2D eigenvalue weighted by atomic mass is 10.1. The van der Waals surface area contributed by atoms with Gasteiger partial charge in [0, 0.05) is 27.3 Å². The standard InChI is InChI=1S/C11H22N4O/c1-8(2)10-9(12)11(15(3)14-10)13-6-5-7-16-4/h8,13H,5-7,12H2,1-4H3. The van der Waals surface area contributed by atoms with E-state index in [2.05, 4.69) is 24.3 Å². The summed E-state index contributed by atoms with van der Waals surface area (Å²) in [4.78, 5) is 0. The molecule has 0 aliphatic rings. The van der Waals surface area contributed by atoms with Crippen molar-refractivity contribution in [3.8, 4) is 0 Å². The van der Waals surface area contributed by atoms with Gasteiger partial charge in [0.1, 0.15) is 5.82 Å². The lowest BCUT2D eigenvalue weighted by Gasteiger charge is -2.07. The molecule has 0 atom stereocenters.